The Balaban J connectivity index is 1.92. The normalized spacial score (nSPS) is 12.6. The zero-order valence-corrected chi connectivity index (χ0v) is 20.9. The Morgan fingerprint density at radius 1 is 0.833 bits per heavy atom. The third kappa shape index (κ3) is 6.53. The van der Waals surface area contributed by atoms with Crippen molar-refractivity contribution in [1.82, 2.24) is 5.43 Å². The number of nitrogens with zero attached hydrogens (tertiary/aromatic N) is 2. The first-order chi connectivity index (χ1) is 17.0. The summed E-state index contributed by atoms with van der Waals surface area (Å²) in [5.41, 5.74) is 5.36. The molecule has 3 rings (SSSR count). The highest BCUT2D eigenvalue weighted by molar-refractivity contribution is 8.08. The number of methoxy groups -OCH3 is 1. The van der Waals surface area contributed by atoms with Crippen molar-refractivity contribution in [3.05, 3.63) is 84.4 Å². The minimum atomic E-state index is -4.15. The van der Waals surface area contributed by atoms with Crippen LogP contribution in [0.1, 0.15) is 17.3 Å². The number of primary sulfonamides is 1. The number of hydrogen-bond acceptors (Lipinski definition) is 9. The predicted molar refractivity (Wildman–Crippen MR) is 136 cm³/mol. The van der Waals surface area contributed by atoms with Crippen LogP contribution in [0, 0.1) is 0 Å². The number of carbonyl (C=O) groups is 1. The van der Waals surface area contributed by atoms with Crippen molar-refractivity contribution >= 4 is 42.2 Å². The number of ether oxygens (including phenoxy) is 1. The van der Waals surface area contributed by atoms with Gasteiger partial charge in [0.2, 0.25) is 24.9 Å². The van der Waals surface area contributed by atoms with E-state index in [-0.39, 0.29) is 21.1 Å². The molecule has 3 aromatic rings. The van der Waals surface area contributed by atoms with E-state index in [1.807, 2.05) is 0 Å². The van der Waals surface area contributed by atoms with Gasteiger partial charge in [-0.2, -0.15) is 10.2 Å². The van der Waals surface area contributed by atoms with E-state index in [1.54, 1.807) is 30.3 Å². The van der Waals surface area contributed by atoms with Gasteiger partial charge in [-0.3, -0.25) is 10.2 Å². The molecule has 0 heterocycles. The van der Waals surface area contributed by atoms with Gasteiger partial charge in [0, 0.05) is 5.56 Å². The lowest BCUT2D eigenvalue weighted by Gasteiger charge is -2.10. The summed E-state index contributed by atoms with van der Waals surface area (Å²) in [5, 5.41) is 12.6. The first kappa shape index (κ1) is 26.5. The van der Waals surface area contributed by atoms with E-state index >= 15 is 0 Å². The summed E-state index contributed by atoms with van der Waals surface area (Å²) in [6.07, 6.45) is 0. The molecule has 0 aliphatic carbocycles. The molecule has 0 fully saturated rings. The van der Waals surface area contributed by atoms with E-state index in [0.29, 0.717) is 11.4 Å². The standard InChI is InChI=1S/C23H23N5O6S2/c1-16(25-27-22(29)17-8-12-19(34-2)13-9-17)23(35(30,31)20-6-4-3-5-7-20)28-26-18-10-14-21(15-11-18)36(24,32)33/h3-15,26H,1-2H3,(H,27,29)(H2,24,32,33)/b25-16+,28-23+. The number of anilines is 1. The van der Waals surface area contributed by atoms with Gasteiger partial charge >= 0.3 is 0 Å². The first-order valence-corrected chi connectivity index (χ1v) is 13.3. The number of benzene rings is 3. The van der Waals surface area contributed by atoms with Crippen molar-refractivity contribution in [3.63, 3.8) is 0 Å². The molecule has 0 aliphatic rings. The molecule has 0 aromatic heterocycles. The molecule has 0 saturated heterocycles. The van der Waals surface area contributed by atoms with Crippen LogP contribution < -0.4 is 20.7 Å². The molecule has 13 heteroatoms. The van der Waals surface area contributed by atoms with Gasteiger partial charge in [-0.25, -0.2) is 27.4 Å². The Kier molecular flexibility index (Phi) is 8.19. The lowest BCUT2D eigenvalue weighted by atomic mass is 10.2. The van der Waals surface area contributed by atoms with Gasteiger partial charge in [-0.05, 0) is 67.6 Å². The lowest BCUT2D eigenvalue weighted by Crippen LogP contribution is -2.28. The summed E-state index contributed by atoms with van der Waals surface area (Å²) in [5.74, 6) is -0.00206. The summed E-state index contributed by atoms with van der Waals surface area (Å²) in [6.45, 7) is 1.37. The number of carbonyl (C=O) groups excluding carboxylic acids is 1. The zero-order valence-electron chi connectivity index (χ0n) is 19.2. The minimum Gasteiger partial charge on any atom is -0.497 e. The Morgan fingerprint density at radius 3 is 2.00 bits per heavy atom. The van der Waals surface area contributed by atoms with E-state index in [4.69, 9.17) is 9.88 Å². The molecule has 0 bridgehead atoms. The second kappa shape index (κ2) is 11.1. The summed E-state index contributed by atoms with van der Waals surface area (Å²) in [4.78, 5) is 12.3. The van der Waals surface area contributed by atoms with Crippen molar-refractivity contribution in [1.29, 1.82) is 0 Å². The molecule has 36 heavy (non-hydrogen) atoms. The van der Waals surface area contributed by atoms with E-state index in [0.717, 1.165) is 0 Å². The highest BCUT2D eigenvalue weighted by atomic mass is 32.2. The number of sulfone groups is 1. The predicted octanol–water partition coefficient (Wildman–Crippen LogP) is 2.35. The van der Waals surface area contributed by atoms with Gasteiger partial charge in [0.05, 0.1) is 28.3 Å². The first-order valence-electron chi connectivity index (χ1n) is 10.3. The van der Waals surface area contributed by atoms with Crippen LogP contribution in [0.25, 0.3) is 0 Å². The highest BCUT2D eigenvalue weighted by Crippen LogP contribution is 2.16. The number of hydrogen-bond donors (Lipinski definition) is 3. The summed E-state index contributed by atoms with van der Waals surface area (Å²) < 4.78 is 54.5. The average molecular weight is 530 g/mol. The molecule has 1 amide bonds. The number of amides is 1. The number of sulfonamides is 1. The van der Waals surface area contributed by atoms with Crippen LogP contribution in [-0.2, 0) is 19.9 Å². The van der Waals surface area contributed by atoms with E-state index < -0.39 is 30.8 Å². The van der Waals surface area contributed by atoms with Gasteiger partial charge < -0.3 is 4.74 Å². The molecule has 0 aliphatic heterocycles. The van der Waals surface area contributed by atoms with Crippen molar-refractivity contribution in [2.75, 3.05) is 12.5 Å². The quantitative estimate of drug-likeness (QED) is 0.228. The third-order valence-corrected chi connectivity index (χ3v) is 7.48. The van der Waals surface area contributed by atoms with Gasteiger partial charge in [0.15, 0.2) is 0 Å². The fraction of sp³-hybridized carbons (Fsp3) is 0.0870. The summed E-state index contributed by atoms with van der Waals surface area (Å²) in [6, 6.07) is 19.1. The lowest BCUT2D eigenvalue weighted by molar-refractivity contribution is 0.0955. The molecular weight excluding hydrogens is 506 g/mol. The van der Waals surface area contributed by atoms with Gasteiger partial charge in [0.1, 0.15) is 5.75 Å². The summed E-state index contributed by atoms with van der Waals surface area (Å²) in [7, 11) is -6.54. The number of nitrogens with one attached hydrogen (secondary N) is 2. The average Bonchev–Trinajstić information content (AvgIpc) is 2.87. The van der Waals surface area contributed by atoms with Crippen LogP contribution in [0.15, 0.2) is 98.9 Å². The molecular formula is C23H23N5O6S2. The van der Waals surface area contributed by atoms with Gasteiger partial charge in [-0.1, -0.05) is 18.2 Å². The Labute approximate surface area is 208 Å². The summed E-state index contributed by atoms with van der Waals surface area (Å²) >= 11 is 0. The van der Waals surface area contributed by atoms with Crippen LogP contribution >= 0.6 is 0 Å². The second-order valence-corrected chi connectivity index (χ2v) is 10.7. The monoisotopic (exact) mass is 529 g/mol. The Morgan fingerprint density at radius 2 is 1.44 bits per heavy atom. The van der Waals surface area contributed by atoms with Crippen molar-refractivity contribution < 1.29 is 26.4 Å². The van der Waals surface area contributed by atoms with Gasteiger partial charge in [0.25, 0.3) is 5.91 Å². The highest BCUT2D eigenvalue weighted by Gasteiger charge is 2.26. The Bertz CT molecular complexity index is 1500. The SMILES string of the molecule is COc1ccc(C(=O)N/N=C(C)/C(=N\Nc2ccc(S(N)(=O)=O)cc2)S(=O)(=O)c2ccccc2)cc1. The largest absolute Gasteiger partial charge is 0.497 e. The number of hydrazone groups is 2. The zero-order chi connectivity index (χ0) is 26.3. The van der Waals surface area contributed by atoms with E-state index in [9.17, 15) is 21.6 Å². The second-order valence-electron chi connectivity index (χ2n) is 7.28. The fourth-order valence-corrected chi connectivity index (χ4v) is 4.73. The van der Waals surface area contributed by atoms with Crippen LogP contribution in [-0.4, -0.2) is 40.6 Å². The van der Waals surface area contributed by atoms with Crippen molar-refractivity contribution in [2.24, 2.45) is 15.3 Å². The maximum absolute atomic E-state index is 13.3. The van der Waals surface area contributed by atoms with Crippen molar-refractivity contribution in [2.45, 2.75) is 16.7 Å². The molecule has 0 unspecified atom stereocenters. The maximum Gasteiger partial charge on any atom is 0.271 e. The molecule has 4 N–H and O–H groups in total. The van der Waals surface area contributed by atoms with Crippen molar-refractivity contribution in [3.8, 4) is 5.75 Å². The third-order valence-electron chi connectivity index (χ3n) is 4.76. The van der Waals surface area contributed by atoms with Crippen LogP contribution in [0.4, 0.5) is 5.69 Å². The topological polar surface area (TPSA) is 169 Å². The van der Waals surface area contributed by atoms with Crippen LogP contribution in [0.5, 0.6) is 5.75 Å². The molecule has 0 radical (unpaired) electrons. The molecule has 188 valence electrons. The molecule has 0 saturated carbocycles. The maximum atomic E-state index is 13.3. The minimum absolute atomic E-state index is 0.0360. The molecule has 0 atom stereocenters. The van der Waals surface area contributed by atoms with Crippen LogP contribution in [0.3, 0.4) is 0 Å². The van der Waals surface area contributed by atoms with E-state index in [1.165, 1.54) is 62.6 Å². The number of nitrogens with two attached hydrogens (primary N) is 1. The van der Waals surface area contributed by atoms with E-state index in [2.05, 4.69) is 21.1 Å². The molecule has 0 spiro atoms. The number of rotatable bonds is 8. The smallest absolute Gasteiger partial charge is 0.271 e. The molecule has 11 nitrogen and oxygen atoms in total. The van der Waals surface area contributed by atoms with Crippen LogP contribution in [0.2, 0.25) is 0 Å². The Hall–Kier alpha value is -4.07. The fourth-order valence-electron chi connectivity index (χ4n) is 2.87. The van der Waals surface area contributed by atoms with Gasteiger partial charge in [-0.15, -0.1) is 0 Å². The molecule has 3 aromatic carbocycles.